The van der Waals surface area contributed by atoms with Crippen LogP contribution in [0.15, 0.2) is 22.7 Å². The van der Waals surface area contributed by atoms with Crippen molar-refractivity contribution in [2.75, 3.05) is 5.32 Å². The molecule has 0 atom stereocenters. The number of rotatable bonds is 5. The molecule has 0 unspecified atom stereocenters. The van der Waals surface area contributed by atoms with Crippen molar-refractivity contribution < 1.29 is 0 Å². The summed E-state index contributed by atoms with van der Waals surface area (Å²) in [7, 11) is 0. The summed E-state index contributed by atoms with van der Waals surface area (Å²) in [6, 6.07) is 5.75. The maximum atomic E-state index is 5.99. The van der Waals surface area contributed by atoms with Crippen LogP contribution < -0.4 is 5.32 Å². The SMILES string of the molecule is CC(C)Cc1nnc(NCc2cc(Cl)ccc2Br)s1. The highest BCUT2D eigenvalue weighted by Crippen LogP contribution is 2.23. The second kappa shape index (κ2) is 6.68. The Kier molecular flexibility index (Phi) is 5.19. The predicted molar refractivity (Wildman–Crippen MR) is 84.9 cm³/mol. The van der Waals surface area contributed by atoms with Crippen molar-refractivity contribution in [2.24, 2.45) is 5.92 Å². The molecule has 1 aromatic carbocycles. The van der Waals surface area contributed by atoms with Crippen LogP contribution in [0, 0.1) is 5.92 Å². The van der Waals surface area contributed by atoms with E-state index in [0.29, 0.717) is 12.5 Å². The van der Waals surface area contributed by atoms with Gasteiger partial charge in [0, 0.05) is 22.5 Å². The maximum absolute atomic E-state index is 5.99. The van der Waals surface area contributed by atoms with Gasteiger partial charge in [-0.15, -0.1) is 10.2 Å². The number of aromatic nitrogens is 2. The van der Waals surface area contributed by atoms with Gasteiger partial charge in [0.25, 0.3) is 0 Å². The zero-order valence-electron chi connectivity index (χ0n) is 10.8. The second-order valence-electron chi connectivity index (χ2n) is 4.69. The molecule has 1 N–H and O–H groups in total. The largest absolute Gasteiger partial charge is 0.356 e. The highest BCUT2D eigenvalue weighted by Gasteiger charge is 2.07. The molecule has 0 fully saturated rings. The van der Waals surface area contributed by atoms with Gasteiger partial charge in [0.15, 0.2) is 0 Å². The van der Waals surface area contributed by atoms with E-state index in [2.05, 4.69) is 45.3 Å². The Morgan fingerprint density at radius 1 is 1.37 bits per heavy atom. The number of halogens is 2. The highest BCUT2D eigenvalue weighted by molar-refractivity contribution is 9.10. The van der Waals surface area contributed by atoms with Crippen LogP contribution in [0.25, 0.3) is 0 Å². The molecule has 0 spiro atoms. The van der Waals surface area contributed by atoms with Crippen LogP contribution in [-0.2, 0) is 13.0 Å². The van der Waals surface area contributed by atoms with Gasteiger partial charge in [-0.25, -0.2) is 0 Å². The summed E-state index contributed by atoms with van der Waals surface area (Å²) in [5.74, 6) is 0.600. The normalized spacial score (nSPS) is 11.0. The minimum atomic E-state index is 0.600. The monoisotopic (exact) mass is 359 g/mol. The van der Waals surface area contributed by atoms with Gasteiger partial charge in [0.2, 0.25) is 5.13 Å². The number of nitrogens with zero attached hydrogens (tertiary/aromatic N) is 2. The molecule has 2 rings (SSSR count). The maximum Gasteiger partial charge on any atom is 0.205 e. The molecule has 0 radical (unpaired) electrons. The van der Waals surface area contributed by atoms with Gasteiger partial charge in [0.05, 0.1) is 0 Å². The Hall–Kier alpha value is -0.650. The van der Waals surface area contributed by atoms with Crippen molar-refractivity contribution in [3.8, 4) is 0 Å². The average Bonchev–Trinajstić information content (AvgIpc) is 2.77. The molecule has 1 aromatic heterocycles. The van der Waals surface area contributed by atoms with Gasteiger partial charge in [-0.2, -0.15) is 0 Å². The van der Waals surface area contributed by atoms with E-state index < -0.39 is 0 Å². The first-order chi connectivity index (χ1) is 9.04. The second-order valence-corrected chi connectivity index (χ2v) is 7.04. The van der Waals surface area contributed by atoms with Gasteiger partial charge in [-0.05, 0) is 29.7 Å². The van der Waals surface area contributed by atoms with Crippen LogP contribution in [0.1, 0.15) is 24.4 Å². The molecule has 0 aliphatic carbocycles. The lowest BCUT2D eigenvalue weighted by molar-refractivity contribution is 0.640. The average molecular weight is 361 g/mol. The Morgan fingerprint density at radius 3 is 2.89 bits per heavy atom. The van der Waals surface area contributed by atoms with E-state index in [0.717, 1.165) is 31.6 Å². The van der Waals surface area contributed by atoms with Crippen molar-refractivity contribution in [1.82, 2.24) is 10.2 Å². The Labute approximate surface area is 130 Å². The zero-order chi connectivity index (χ0) is 13.8. The van der Waals surface area contributed by atoms with Crippen molar-refractivity contribution in [2.45, 2.75) is 26.8 Å². The van der Waals surface area contributed by atoms with Gasteiger partial charge < -0.3 is 5.32 Å². The first-order valence-corrected chi connectivity index (χ1v) is 8.03. The molecule has 0 aliphatic rings. The first-order valence-electron chi connectivity index (χ1n) is 6.05. The molecule has 0 aliphatic heterocycles. The van der Waals surface area contributed by atoms with Crippen LogP contribution in [0.5, 0.6) is 0 Å². The molecule has 102 valence electrons. The van der Waals surface area contributed by atoms with Crippen LogP contribution in [0.2, 0.25) is 5.02 Å². The lowest BCUT2D eigenvalue weighted by Gasteiger charge is -2.05. The van der Waals surface area contributed by atoms with Crippen molar-refractivity contribution in [3.63, 3.8) is 0 Å². The summed E-state index contributed by atoms with van der Waals surface area (Å²) >= 11 is 11.1. The van der Waals surface area contributed by atoms with E-state index >= 15 is 0 Å². The summed E-state index contributed by atoms with van der Waals surface area (Å²) in [4.78, 5) is 0. The molecule has 2 aromatic rings. The number of benzene rings is 1. The van der Waals surface area contributed by atoms with E-state index in [4.69, 9.17) is 11.6 Å². The lowest BCUT2D eigenvalue weighted by Crippen LogP contribution is -1.99. The first kappa shape index (κ1) is 14.8. The Bertz CT molecular complexity index is 557. The molecular formula is C13H15BrClN3S. The fraction of sp³-hybridized carbons (Fsp3) is 0.385. The van der Waals surface area contributed by atoms with E-state index in [1.165, 1.54) is 0 Å². The van der Waals surface area contributed by atoms with Gasteiger partial charge in [0.1, 0.15) is 5.01 Å². The minimum absolute atomic E-state index is 0.600. The fourth-order valence-electron chi connectivity index (χ4n) is 1.61. The molecule has 6 heteroatoms. The standard InChI is InChI=1S/C13H15BrClN3S/c1-8(2)5-12-17-18-13(19-12)16-7-9-6-10(15)3-4-11(9)14/h3-4,6,8H,5,7H2,1-2H3,(H,16,18). The van der Waals surface area contributed by atoms with Crippen molar-refractivity contribution >= 4 is 44.0 Å². The summed E-state index contributed by atoms with van der Waals surface area (Å²) in [6.07, 6.45) is 0.972. The van der Waals surface area contributed by atoms with Gasteiger partial charge in [-0.1, -0.05) is 52.7 Å². The molecule has 3 nitrogen and oxygen atoms in total. The third-order valence-electron chi connectivity index (χ3n) is 2.49. The molecule has 0 bridgehead atoms. The topological polar surface area (TPSA) is 37.8 Å². The molecular weight excluding hydrogens is 346 g/mol. The van der Waals surface area contributed by atoms with Crippen LogP contribution >= 0.6 is 38.9 Å². The number of hydrogen-bond donors (Lipinski definition) is 1. The quantitative estimate of drug-likeness (QED) is 0.835. The number of nitrogens with one attached hydrogen (secondary N) is 1. The van der Waals surface area contributed by atoms with Crippen LogP contribution in [-0.4, -0.2) is 10.2 Å². The molecule has 0 amide bonds. The summed E-state index contributed by atoms with van der Waals surface area (Å²) in [5, 5.41) is 14.3. The lowest BCUT2D eigenvalue weighted by atomic mass is 10.1. The molecule has 0 saturated heterocycles. The van der Waals surface area contributed by atoms with Crippen molar-refractivity contribution in [1.29, 1.82) is 0 Å². The molecule has 0 saturated carbocycles. The Morgan fingerprint density at radius 2 is 2.16 bits per heavy atom. The molecule has 1 heterocycles. The van der Waals surface area contributed by atoms with E-state index in [1.54, 1.807) is 11.3 Å². The fourth-order valence-corrected chi connectivity index (χ4v) is 3.14. The summed E-state index contributed by atoms with van der Waals surface area (Å²) < 4.78 is 1.04. The predicted octanol–water partition coefficient (Wildman–Crippen LogP) is 4.76. The number of hydrogen-bond acceptors (Lipinski definition) is 4. The van der Waals surface area contributed by atoms with E-state index in [-0.39, 0.29) is 0 Å². The highest BCUT2D eigenvalue weighted by atomic mass is 79.9. The third-order valence-corrected chi connectivity index (χ3v) is 4.40. The van der Waals surface area contributed by atoms with Gasteiger partial charge >= 0.3 is 0 Å². The van der Waals surface area contributed by atoms with Gasteiger partial charge in [-0.3, -0.25) is 0 Å². The Balaban J connectivity index is 1.98. The summed E-state index contributed by atoms with van der Waals surface area (Å²) in [6.45, 7) is 5.03. The molecule has 19 heavy (non-hydrogen) atoms. The smallest absolute Gasteiger partial charge is 0.205 e. The van der Waals surface area contributed by atoms with Crippen LogP contribution in [0.4, 0.5) is 5.13 Å². The zero-order valence-corrected chi connectivity index (χ0v) is 13.9. The number of anilines is 1. The summed E-state index contributed by atoms with van der Waals surface area (Å²) in [5.41, 5.74) is 1.10. The van der Waals surface area contributed by atoms with Crippen molar-refractivity contribution in [3.05, 3.63) is 38.3 Å². The van der Waals surface area contributed by atoms with E-state index in [9.17, 15) is 0 Å². The third kappa shape index (κ3) is 4.44. The minimum Gasteiger partial charge on any atom is -0.356 e. The van der Waals surface area contributed by atoms with E-state index in [1.807, 2.05) is 18.2 Å². The van der Waals surface area contributed by atoms with Crippen LogP contribution in [0.3, 0.4) is 0 Å².